The molecule has 0 spiro atoms. The molecule has 4 rings (SSSR count). The number of nitrogens with one attached hydrogen (secondary N) is 1. The molecule has 154 valence electrons. The molecular formula is C24H27BN2O3. The van der Waals surface area contributed by atoms with Gasteiger partial charge < -0.3 is 20.1 Å². The molecule has 0 saturated heterocycles. The molecule has 1 heterocycles. The third-order valence-corrected chi connectivity index (χ3v) is 5.99. The molecule has 0 unspecified atom stereocenters. The van der Waals surface area contributed by atoms with Gasteiger partial charge in [-0.05, 0) is 54.8 Å². The summed E-state index contributed by atoms with van der Waals surface area (Å²) in [6.07, 6.45) is 1.99. The van der Waals surface area contributed by atoms with Crippen molar-refractivity contribution in [3.05, 3.63) is 53.7 Å². The lowest BCUT2D eigenvalue weighted by Gasteiger charge is -2.22. The minimum absolute atomic E-state index is 0.0173. The first-order chi connectivity index (χ1) is 14.2. The molecule has 5 nitrogen and oxygen atoms in total. The summed E-state index contributed by atoms with van der Waals surface area (Å²) in [5, 5.41) is 23.5. The van der Waals surface area contributed by atoms with Gasteiger partial charge >= 0.3 is 0 Å². The average Bonchev–Trinajstić information content (AvgIpc) is 3.41. The zero-order valence-electron chi connectivity index (χ0n) is 17.7. The van der Waals surface area contributed by atoms with E-state index in [1.165, 1.54) is 17.8 Å². The summed E-state index contributed by atoms with van der Waals surface area (Å²) in [5.74, 6) is -0.481. The Bertz CT molecular complexity index is 1120. The Kier molecular flexibility index (Phi) is 4.84. The fourth-order valence-electron chi connectivity index (χ4n) is 4.18. The summed E-state index contributed by atoms with van der Waals surface area (Å²) in [4.78, 5) is 13.1. The predicted molar refractivity (Wildman–Crippen MR) is 121 cm³/mol. The smallest absolute Gasteiger partial charge is 0.235 e. The Hall–Kier alpha value is -2.89. The van der Waals surface area contributed by atoms with Crippen molar-refractivity contribution in [1.82, 2.24) is 4.57 Å². The molecule has 0 aliphatic heterocycles. The van der Waals surface area contributed by atoms with Gasteiger partial charge in [0.05, 0.1) is 13.3 Å². The highest BCUT2D eigenvalue weighted by molar-refractivity contribution is 6.08. The largest absolute Gasteiger partial charge is 0.504 e. The van der Waals surface area contributed by atoms with E-state index < -0.39 is 5.41 Å². The van der Waals surface area contributed by atoms with E-state index in [-0.39, 0.29) is 22.8 Å². The fraction of sp³-hybridized carbons (Fsp3) is 0.375. The number of aryl methyl sites for hydroxylation is 1. The lowest BCUT2D eigenvalue weighted by Crippen LogP contribution is -2.27. The number of phenols is 2. The second kappa shape index (κ2) is 7.12. The number of carbonyl (C=O) groups excluding carboxylic acids is 1. The number of aromatic hydroxyl groups is 2. The van der Waals surface area contributed by atoms with Crippen molar-refractivity contribution in [3.8, 4) is 11.5 Å². The van der Waals surface area contributed by atoms with Crippen LogP contribution in [-0.2, 0) is 22.2 Å². The zero-order valence-corrected chi connectivity index (χ0v) is 17.7. The Labute approximate surface area is 178 Å². The lowest BCUT2D eigenvalue weighted by atomic mass is 9.91. The first-order valence-corrected chi connectivity index (χ1v) is 10.3. The van der Waals surface area contributed by atoms with Crippen molar-refractivity contribution in [2.45, 2.75) is 57.3 Å². The van der Waals surface area contributed by atoms with Crippen LogP contribution in [0.2, 0.25) is 6.32 Å². The molecule has 1 fully saturated rings. The Morgan fingerprint density at radius 3 is 2.43 bits per heavy atom. The van der Waals surface area contributed by atoms with E-state index >= 15 is 0 Å². The zero-order chi connectivity index (χ0) is 21.7. The molecule has 3 aromatic rings. The number of fused-ring (bicyclic) bond motifs is 1. The van der Waals surface area contributed by atoms with Gasteiger partial charge in [0, 0.05) is 34.2 Å². The van der Waals surface area contributed by atoms with E-state index in [4.69, 9.17) is 7.85 Å². The first kappa shape index (κ1) is 20.4. The van der Waals surface area contributed by atoms with Crippen LogP contribution in [0.25, 0.3) is 10.9 Å². The molecule has 2 radical (unpaired) electrons. The van der Waals surface area contributed by atoms with Crippen molar-refractivity contribution < 1.29 is 15.0 Å². The van der Waals surface area contributed by atoms with Gasteiger partial charge in [0.25, 0.3) is 0 Å². The molecule has 3 N–H and O–H groups in total. The van der Waals surface area contributed by atoms with E-state index in [1.807, 2.05) is 18.2 Å². The highest BCUT2D eigenvalue weighted by Crippen LogP contribution is 2.50. The Morgan fingerprint density at radius 2 is 1.83 bits per heavy atom. The minimum atomic E-state index is -0.651. The van der Waals surface area contributed by atoms with Gasteiger partial charge in [0.1, 0.15) is 0 Å². The highest BCUT2D eigenvalue weighted by atomic mass is 16.3. The van der Waals surface area contributed by atoms with E-state index in [0.717, 1.165) is 28.7 Å². The molecule has 6 heteroatoms. The number of carbonyl (C=O) groups is 1. The van der Waals surface area contributed by atoms with Gasteiger partial charge in [-0.15, -0.1) is 0 Å². The number of nitrogens with zero attached hydrogens (tertiary/aromatic N) is 1. The van der Waals surface area contributed by atoms with Crippen molar-refractivity contribution in [2.75, 3.05) is 5.32 Å². The van der Waals surface area contributed by atoms with Gasteiger partial charge in [-0.25, -0.2) is 0 Å². The Balaban J connectivity index is 1.64. The fourth-order valence-corrected chi connectivity index (χ4v) is 4.18. The average molecular weight is 402 g/mol. The van der Waals surface area contributed by atoms with Crippen molar-refractivity contribution in [2.24, 2.45) is 0 Å². The number of amides is 1. The number of hydrogen-bond donors (Lipinski definition) is 3. The van der Waals surface area contributed by atoms with Gasteiger partial charge in [-0.2, -0.15) is 0 Å². The van der Waals surface area contributed by atoms with Crippen LogP contribution in [0.4, 0.5) is 5.69 Å². The molecule has 2 aromatic carbocycles. The lowest BCUT2D eigenvalue weighted by molar-refractivity contribution is -0.118. The molecule has 1 amide bonds. The number of anilines is 1. The van der Waals surface area contributed by atoms with Gasteiger partial charge in [-0.1, -0.05) is 33.2 Å². The van der Waals surface area contributed by atoms with Crippen molar-refractivity contribution in [3.63, 3.8) is 0 Å². The second-order valence-electron chi connectivity index (χ2n) is 9.23. The van der Waals surface area contributed by atoms with Crippen LogP contribution in [0, 0.1) is 0 Å². The number of rotatable bonds is 5. The van der Waals surface area contributed by atoms with Crippen LogP contribution in [0.1, 0.15) is 44.9 Å². The monoisotopic (exact) mass is 402 g/mol. The number of aromatic nitrogens is 1. The number of hydrogen-bond acceptors (Lipinski definition) is 3. The van der Waals surface area contributed by atoms with Crippen molar-refractivity contribution in [1.29, 1.82) is 0 Å². The molecular weight excluding hydrogens is 375 g/mol. The predicted octanol–water partition coefficient (Wildman–Crippen LogP) is 4.61. The summed E-state index contributed by atoms with van der Waals surface area (Å²) >= 11 is 0. The molecule has 0 bridgehead atoms. The molecule has 1 aromatic heterocycles. The summed E-state index contributed by atoms with van der Waals surface area (Å²) in [7, 11) is 5.84. The van der Waals surface area contributed by atoms with Gasteiger partial charge in [0.2, 0.25) is 5.91 Å². The number of phenolic OH excluding ortho intramolecular Hbond substituents is 2. The van der Waals surface area contributed by atoms with Crippen LogP contribution >= 0.6 is 0 Å². The van der Waals surface area contributed by atoms with E-state index in [1.54, 1.807) is 6.07 Å². The van der Waals surface area contributed by atoms with Crippen molar-refractivity contribution >= 4 is 30.3 Å². The number of benzene rings is 2. The van der Waals surface area contributed by atoms with Crippen LogP contribution < -0.4 is 5.32 Å². The Morgan fingerprint density at radius 1 is 1.10 bits per heavy atom. The highest BCUT2D eigenvalue weighted by Gasteiger charge is 2.51. The van der Waals surface area contributed by atoms with Crippen LogP contribution in [0.5, 0.6) is 11.5 Å². The summed E-state index contributed by atoms with van der Waals surface area (Å²) < 4.78 is 2.25. The third-order valence-electron chi connectivity index (χ3n) is 5.99. The first-order valence-electron chi connectivity index (χ1n) is 10.3. The summed E-state index contributed by atoms with van der Waals surface area (Å²) in [5.41, 5.74) is 3.11. The third kappa shape index (κ3) is 3.44. The molecule has 1 saturated carbocycles. The van der Waals surface area contributed by atoms with Gasteiger partial charge in [0.15, 0.2) is 11.5 Å². The summed E-state index contributed by atoms with van der Waals surface area (Å²) in [6, 6.07) is 12.7. The van der Waals surface area contributed by atoms with E-state index in [0.29, 0.717) is 19.2 Å². The van der Waals surface area contributed by atoms with Crippen LogP contribution in [0.3, 0.4) is 0 Å². The summed E-state index contributed by atoms with van der Waals surface area (Å²) in [6.45, 7) is 7.29. The maximum absolute atomic E-state index is 13.1. The maximum atomic E-state index is 13.1. The van der Waals surface area contributed by atoms with Gasteiger partial charge in [-0.3, -0.25) is 4.79 Å². The molecule has 30 heavy (non-hydrogen) atoms. The molecule has 0 atom stereocenters. The molecule has 1 aliphatic carbocycles. The SMILES string of the molecule is [B]CCn1c(C(C)(C)C)cc2cc(NC(=O)C3(c4ccc(O)c(O)c4)CC3)ccc21. The van der Waals surface area contributed by atoms with Crippen LogP contribution in [0.15, 0.2) is 42.5 Å². The van der Waals surface area contributed by atoms with E-state index in [9.17, 15) is 15.0 Å². The standard InChI is InChI=1S/C24H27BN2O3/c1-23(2,3)21-13-15-12-17(5-6-18(15)27(21)11-10-25)26-22(30)24(8-9-24)16-4-7-19(28)20(29)14-16/h4-7,12-14,28-29H,8-11H2,1-3H3,(H,26,30). The normalized spacial score (nSPS) is 15.3. The maximum Gasteiger partial charge on any atom is 0.235 e. The molecule has 1 aliphatic rings. The second-order valence-corrected chi connectivity index (χ2v) is 9.23. The van der Waals surface area contributed by atoms with Crippen LogP contribution in [-0.4, -0.2) is 28.5 Å². The minimum Gasteiger partial charge on any atom is -0.504 e. The quantitative estimate of drug-likeness (QED) is 0.431. The van der Waals surface area contributed by atoms with E-state index in [2.05, 4.69) is 36.7 Å². The topological polar surface area (TPSA) is 74.5 Å².